The molecule has 1 amide bonds. The monoisotopic (exact) mass is 294 g/mol. The predicted octanol–water partition coefficient (Wildman–Crippen LogP) is 2.42. The lowest BCUT2D eigenvalue weighted by Crippen LogP contribution is -2.48. The molecule has 20 heavy (non-hydrogen) atoms. The van der Waals surface area contributed by atoms with E-state index in [4.69, 9.17) is 4.42 Å². The highest BCUT2D eigenvalue weighted by atomic mass is 35.5. The maximum Gasteiger partial charge on any atom is 0.287 e. The van der Waals surface area contributed by atoms with Crippen molar-refractivity contribution in [3.8, 4) is 0 Å². The van der Waals surface area contributed by atoms with Gasteiger partial charge in [-0.05, 0) is 43.2 Å². The zero-order chi connectivity index (χ0) is 13.4. The van der Waals surface area contributed by atoms with Gasteiger partial charge in [0.15, 0.2) is 5.76 Å². The summed E-state index contributed by atoms with van der Waals surface area (Å²) in [7, 11) is 0. The van der Waals surface area contributed by atoms with Crippen LogP contribution in [0.5, 0.6) is 0 Å². The van der Waals surface area contributed by atoms with Gasteiger partial charge in [0.2, 0.25) is 0 Å². The molecular formula is C15H19ClN2O2. The molecule has 0 saturated carbocycles. The van der Waals surface area contributed by atoms with Gasteiger partial charge in [0.05, 0.1) is 0 Å². The summed E-state index contributed by atoms with van der Waals surface area (Å²) in [5.41, 5.74) is 3.16. The number of nitrogens with one attached hydrogen (secondary N) is 2. The van der Waals surface area contributed by atoms with E-state index >= 15 is 0 Å². The quantitative estimate of drug-likeness (QED) is 0.914. The number of carbonyl (C=O) groups excluding carboxylic acids is 1. The summed E-state index contributed by atoms with van der Waals surface area (Å²) in [5.74, 6) is 0.823. The molecule has 0 aliphatic carbocycles. The molecule has 1 aromatic heterocycles. The largest absolute Gasteiger partial charge is 0.451 e. The number of halogens is 1. The van der Waals surface area contributed by atoms with Crippen molar-refractivity contribution >= 4 is 29.3 Å². The Morgan fingerprint density at radius 3 is 2.65 bits per heavy atom. The standard InChI is InChI=1S/C15H18N2O2.ClH/c1-9-3-12-5-14(19-13(12)4-10(9)2)15(18)17-8-11-6-16-7-11;/h3-5,11,16H,6-8H2,1-2H3,(H,17,18);1H. The number of hydrogen-bond acceptors (Lipinski definition) is 3. The molecule has 0 atom stereocenters. The van der Waals surface area contributed by atoms with Gasteiger partial charge in [-0.2, -0.15) is 0 Å². The summed E-state index contributed by atoms with van der Waals surface area (Å²) in [6, 6.07) is 5.86. The molecule has 2 aromatic rings. The Morgan fingerprint density at radius 1 is 1.30 bits per heavy atom. The van der Waals surface area contributed by atoms with Crippen LogP contribution in [0.2, 0.25) is 0 Å². The van der Waals surface area contributed by atoms with Gasteiger partial charge in [-0.15, -0.1) is 12.4 Å². The van der Waals surface area contributed by atoms with Crippen LogP contribution in [0.25, 0.3) is 11.0 Å². The van der Waals surface area contributed by atoms with Crippen LogP contribution < -0.4 is 10.6 Å². The third kappa shape index (κ3) is 2.81. The Kier molecular flexibility index (Phi) is 4.35. The number of carbonyl (C=O) groups is 1. The van der Waals surface area contributed by atoms with E-state index in [0.717, 1.165) is 24.1 Å². The Morgan fingerprint density at radius 2 is 2.00 bits per heavy atom. The smallest absolute Gasteiger partial charge is 0.287 e. The van der Waals surface area contributed by atoms with E-state index in [1.165, 1.54) is 11.1 Å². The molecule has 1 aliphatic rings. The van der Waals surface area contributed by atoms with E-state index in [9.17, 15) is 4.79 Å². The van der Waals surface area contributed by atoms with Gasteiger partial charge >= 0.3 is 0 Å². The fraction of sp³-hybridized carbons (Fsp3) is 0.400. The molecular weight excluding hydrogens is 276 g/mol. The summed E-state index contributed by atoms with van der Waals surface area (Å²) < 4.78 is 5.62. The molecule has 2 heterocycles. The van der Waals surface area contributed by atoms with Crippen molar-refractivity contribution in [3.63, 3.8) is 0 Å². The number of aryl methyl sites for hydroxylation is 2. The van der Waals surface area contributed by atoms with Crippen LogP contribution in [0.4, 0.5) is 0 Å². The average Bonchev–Trinajstić information content (AvgIpc) is 2.70. The van der Waals surface area contributed by atoms with Crippen molar-refractivity contribution in [2.45, 2.75) is 13.8 Å². The first-order chi connectivity index (χ1) is 9.13. The van der Waals surface area contributed by atoms with Gasteiger partial charge in [-0.25, -0.2) is 0 Å². The average molecular weight is 295 g/mol. The van der Waals surface area contributed by atoms with Crippen LogP contribution in [0.15, 0.2) is 22.6 Å². The first-order valence-electron chi connectivity index (χ1n) is 6.63. The van der Waals surface area contributed by atoms with Crippen LogP contribution in [0.3, 0.4) is 0 Å². The van der Waals surface area contributed by atoms with Crippen LogP contribution in [0.1, 0.15) is 21.7 Å². The van der Waals surface area contributed by atoms with Crippen molar-refractivity contribution in [3.05, 3.63) is 35.1 Å². The Hall–Kier alpha value is -1.52. The molecule has 1 saturated heterocycles. The molecule has 1 aliphatic heterocycles. The van der Waals surface area contributed by atoms with Gasteiger partial charge in [-0.1, -0.05) is 0 Å². The normalized spacial score (nSPS) is 14.7. The number of benzene rings is 1. The van der Waals surface area contributed by atoms with Gasteiger partial charge in [0.25, 0.3) is 5.91 Å². The first kappa shape index (κ1) is 14.9. The highest BCUT2D eigenvalue weighted by Gasteiger charge is 2.19. The highest BCUT2D eigenvalue weighted by molar-refractivity contribution is 5.96. The fourth-order valence-electron chi connectivity index (χ4n) is 2.23. The zero-order valence-electron chi connectivity index (χ0n) is 11.7. The number of rotatable bonds is 3. The van der Waals surface area contributed by atoms with Gasteiger partial charge in [0.1, 0.15) is 5.58 Å². The zero-order valence-corrected chi connectivity index (χ0v) is 12.5. The number of furan rings is 1. The SMILES string of the molecule is Cc1cc2cc(C(=O)NCC3CNC3)oc2cc1C.Cl. The Balaban J connectivity index is 0.00000147. The molecule has 5 heteroatoms. The molecule has 1 fully saturated rings. The van der Waals surface area contributed by atoms with Crippen molar-refractivity contribution in [2.24, 2.45) is 5.92 Å². The van der Waals surface area contributed by atoms with Gasteiger partial charge in [0, 0.05) is 30.9 Å². The lowest BCUT2D eigenvalue weighted by atomic mass is 10.0. The third-order valence-corrected chi connectivity index (χ3v) is 3.77. The van der Waals surface area contributed by atoms with Crippen molar-refractivity contribution in [1.82, 2.24) is 10.6 Å². The second-order valence-electron chi connectivity index (χ2n) is 5.32. The number of amides is 1. The van der Waals surface area contributed by atoms with E-state index in [-0.39, 0.29) is 18.3 Å². The summed E-state index contributed by atoms with van der Waals surface area (Å²) >= 11 is 0. The molecule has 4 nitrogen and oxygen atoms in total. The minimum Gasteiger partial charge on any atom is -0.451 e. The third-order valence-electron chi connectivity index (χ3n) is 3.77. The molecule has 2 N–H and O–H groups in total. The molecule has 0 bridgehead atoms. The Bertz CT molecular complexity index is 593. The van der Waals surface area contributed by atoms with E-state index in [1.807, 2.05) is 19.1 Å². The summed E-state index contributed by atoms with van der Waals surface area (Å²) in [6.45, 7) is 6.78. The summed E-state index contributed by atoms with van der Waals surface area (Å²) in [6.07, 6.45) is 0. The van der Waals surface area contributed by atoms with Crippen LogP contribution in [-0.2, 0) is 0 Å². The summed E-state index contributed by atoms with van der Waals surface area (Å²) in [4.78, 5) is 12.0. The Labute approximate surface area is 124 Å². The number of hydrogen-bond donors (Lipinski definition) is 2. The minimum absolute atomic E-state index is 0. The molecule has 0 unspecified atom stereocenters. The summed E-state index contributed by atoms with van der Waals surface area (Å²) in [5, 5.41) is 7.09. The minimum atomic E-state index is -0.126. The predicted molar refractivity (Wildman–Crippen MR) is 81.6 cm³/mol. The molecule has 1 aromatic carbocycles. The highest BCUT2D eigenvalue weighted by Crippen LogP contribution is 2.23. The van der Waals surface area contributed by atoms with E-state index < -0.39 is 0 Å². The number of fused-ring (bicyclic) bond motifs is 1. The van der Waals surface area contributed by atoms with Crippen molar-refractivity contribution in [1.29, 1.82) is 0 Å². The maximum atomic E-state index is 12.0. The van der Waals surface area contributed by atoms with Gasteiger partial charge < -0.3 is 15.1 Å². The second kappa shape index (κ2) is 5.85. The molecule has 0 spiro atoms. The van der Waals surface area contributed by atoms with Crippen LogP contribution in [-0.4, -0.2) is 25.5 Å². The van der Waals surface area contributed by atoms with Gasteiger partial charge in [-0.3, -0.25) is 4.79 Å². The van der Waals surface area contributed by atoms with E-state index in [1.54, 1.807) is 0 Å². The topological polar surface area (TPSA) is 54.3 Å². The molecule has 108 valence electrons. The second-order valence-corrected chi connectivity index (χ2v) is 5.32. The maximum absolute atomic E-state index is 12.0. The van der Waals surface area contributed by atoms with E-state index in [0.29, 0.717) is 18.2 Å². The fourth-order valence-corrected chi connectivity index (χ4v) is 2.23. The first-order valence-corrected chi connectivity index (χ1v) is 6.63. The lowest BCUT2D eigenvalue weighted by Gasteiger charge is -2.26. The van der Waals surface area contributed by atoms with Crippen molar-refractivity contribution < 1.29 is 9.21 Å². The molecule has 0 radical (unpaired) electrons. The van der Waals surface area contributed by atoms with E-state index in [2.05, 4.69) is 23.6 Å². The lowest BCUT2D eigenvalue weighted by molar-refractivity contribution is 0.0916. The van der Waals surface area contributed by atoms with Crippen LogP contribution in [0, 0.1) is 19.8 Å². The molecule has 3 rings (SSSR count). The van der Waals surface area contributed by atoms with Crippen molar-refractivity contribution in [2.75, 3.05) is 19.6 Å². The van der Waals surface area contributed by atoms with Crippen LogP contribution >= 0.6 is 12.4 Å².